The Morgan fingerprint density at radius 3 is 2.58 bits per heavy atom. The van der Waals surface area contributed by atoms with E-state index in [0.717, 1.165) is 54.4 Å². The van der Waals surface area contributed by atoms with E-state index >= 15 is 0 Å². The number of rotatable bonds is 5. The van der Waals surface area contributed by atoms with Crippen molar-refractivity contribution in [2.24, 2.45) is 0 Å². The number of nitrogens with one attached hydrogen (secondary N) is 1. The molecular weight excluding hydrogens is 390 g/mol. The number of fused-ring (bicyclic) bond motifs is 1. The number of nitrogens with zero attached hydrogens (tertiary/aromatic N) is 6. The monoisotopic (exact) mass is 415 g/mol. The summed E-state index contributed by atoms with van der Waals surface area (Å²) >= 11 is 0. The van der Waals surface area contributed by atoms with Crippen molar-refractivity contribution in [1.82, 2.24) is 24.5 Å². The van der Waals surface area contributed by atoms with E-state index in [-0.39, 0.29) is 0 Å². The Kier molecular flexibility index (Phi) is 5.21. The van der Waals surface area contributed by atoms with E-state index < -0.39 is 0 Å². The molecule has 0 aliphatic carbocycles. The number of aryl methyl sites for hydroxylation is 1. The van der Waals surface area contributed by atoms with Crippen LogP contribution >= 0.6 is 0 Å². The first-order valence-corrected chi connectivity index (χ1v) is 10.5. The highest BCUT2D eigenvalue weighted by molar-refractivity contribution is 5.80. The summed E-state index contributed by atoms with van der Waals surface area (Å²) in [6, 6.07) is 14.1. The highest BCUT2D eigenvalue weighted by atomic mass is 16.5. The minimum atomic E-state index is 0.325. The predicted molar refractivity (Wildman–Crippen MR) is 121 cm³/mol. The molecule has 158 valence electrons. The molecule has 5 rings (SSSR count). The number of aromatic nitrogens is 5. The van der Waals surface area contributed by atoms with Crippen LogP contribution in [0.2, 0.25) is 0 Å². The number of imidazole rings is 1. The van der Waals surface area contributed by atoms with Crippen molar-refractivity contribution in [2.45, 2.75) is 25.9 Å². The molecule has 0 bridgehead atoms. The van der Waals surface area contributed by atoms with Gasteiger partial charge < -0.3 is 15.0 Å². The minimum Gasteiger partial charge on any atom is -0.381 e. The zero-order valence-corrected chi connectivity index (χ0v) is 17.7. The van der Waals surface area contributed by atoms with Crippen LogP contribution in [0.5, 0.6) is 0 Å². The molecule has 1 aliphatic heterocycles. The van der Waals surface area contributed by atoms with Gasteiger partial charge in [-0.25, -0.2) is 15.0 Å². The van der Waals surface area contributed by atoms with Crippen LogP contribution in [-0.2, 0) is 4.74 Å². The van der Waals surface area contributed by atoms with E-state index in [1.54, 1.807) is 19.5 Å². The maximum absolute atomic E-state index is 5.46. The van der Waals surface area contributed by atoms with E-state index in [9.17, 15) is 0 Å². The van der Waals surface area contributed by atoms with Gasteiger partial charge in [0.2, 0.25) is 5.95 Å². The third-order valence-electron chi connectivity index (χ3n) is 5.68. The number of hydrogen-bond donors (Lipinski definition) is 1. The van der Waals surface area contributed by atoms with E-state index in [4.69, 9.17) is 9.72 Å². The van der Waals surface area contributed by atoms with E-state index in [0.29, 0.717) is 17.7 Å². The summed E-state index contributed by atoms with van der Waals surface area (Å²) < 4.78 is 7.59. The quantitative estimate of drug-likeness (QED) is 0.530. The second-order valence-electron chi connectivity index (χ2n) is 7.68. The number of pyridine rings is 1. The van der Waals surface area contributed by atoms with Crippen molar-refractivity contribution in [1.29, 1.82) is 0 Å². The Bertz CT molecular complexity index is 1180. The van der Waals surface area contributed by atoms with Crippen LogP contribution in [0.4, 0.5) is 17.6 Å². The number of piperidine rings is 1. The number of para-hydroxylation sites is 1. The molecule has 0 atom stereocenters. The summed E-state index contributed by atoms with van der Waals surface area (Å²) in [5.74, 6) is 3.08. The van der Waals surface area contributed by atoms with E-state index in [2.05, 4.69) is 41.9 Å². The van der Waals surface area contributed by atoms with Crippen LogP contribution in [0.3, 0.4) is 0 Å². The van der Waals surface area contributed by atoms with Gasteiger partial charge in [0, 0.05) is 38.1 Å². The molecule has 8 heteroatoms. The van der Waals surface area contributed by atoms with E-state index in [1.807, 2.05) is 37.3 Å². The van der Waals surface area contributed by atoms with Gasteiger partial charge in [-0.2, -0.15) is 4.98 Å². The second kappa shape index (κ2) is 8.31. The lowest BCUT2D eigenvalue weighted by atomic mass is 10.1. The number of benzene rings is 1. The van der Waals surface area contributed by atoms with Gasteiger partial charge in [-0.15, -0.1) is 0 Å². The first kappa shape index (κ1) is 19.4. The van der Waals surface area contributed by atoms with Crippen LogP contribution in [0.25, 0.3) is 16.7 Å². The molecule has 0 radical (unpaired) electrons. The van der Waals surface area contributed by atoms with Crippen LogP contribution in [-0.4, -0.2) is 50.8 Å². The molecule has 1 aliphatic rings. The third kappa shape index (κ3) is 3.94. The molecule has 4 aromatic rings. The zero-order chi connectivity index (χ0) is 21.2. The molecule has 4 heterocycles. The summed E-state index contributed by atoms with van der Waals surface area (Å²) in [5.41, 5.74) is 2.93. The van der Waals surface area contributed by atoms with Gasteiger partial charge in [-0.3, -0.25) is 4.57 Å². The molecule has 1 saturated heterocycles. The Labute approximate surface area is 180 Å². The standard InChI is InChI=1S/C23H25N7O/c1-16-26-19-15-25-22(14-20(19)30(16)17-6-4-3-5-7-17)27-21-8-11-24-23(28-21)29-12-9-18(31-2)10-13-29/h3-8,11,14-15,18H,9-10,12-13H2,1-2H3,(H,24,25,27,28). The number of ether oxygens (including phenoxy) is 1. The molecule has 1 fully saturated rings. The molecule has 8 nitrogen and oxygen atoms in total. The zero-order valence-electron chi connectivity index (χ0n) is 17.7. The van der Waals surface area contributed by atoms with Gasteiger partial charge in [0.1, 0.15) is 23.0 Å². The van der Waals surface area contributed by atoms with Crippen molar-refractivity contribution in [3.8, 4) is 5.69 Å². The molecule has 31 heavy (non-hydrogen) atoms. The molecule has 0 spiro atoms. The largest absolute Gasteiger partial charge is 0.381 e. The molecule has 0 amide bonds. The lowest BCUT2D eigenvalue weighted by molar-refractivity contribution is 0.0816. The highest BCUT2D eigenvalue weighted by Gasteiger charge is 2.20. The Balaban J connectivity index is 1.41. The molecule has 0 unspecified atom stereocenters. The maximum Gasteiger partial charge on any atom is 0.227 e. The van der Waals surface area contributed by atoms with Crippen molar-refractivity contribution in [3.05, 3.63) is 60.7 Å². The number of methoxy groups -OCH3 is 1. The second-order valence-corrected chi connectivity index (χ2v) is 7.68. The molecule has 1 N–H and O–H groups in total. The third-order valence-corrected chi connectivity index (χ3v) is 5.68. The molecule has 0 saturated carbocycles. The lowest BCUT2D eigenvalue weighted by Gasteiger charge is -2.31. The summed E-state index contributed by atoms with van der Waals surface area (Å²) in [4.78, 5) is 20.6. The molecular formula is C23H25N7O. The topological polar surface area (TPSA) is 81.0 Å². The number of hydrogen-bond acceptors (Lipinski definition) is 7. The van der Waals surface area contributed by atoms with Crippen molar-refractivity contribution < 1.29 is 4.74 Å². The van der Waals surface area contributed by atoms with Crippen LogP contribution < -0.4 is 10.2 Å². The average Bonchev–Trinajstić information content (AvgIpc) is 3.15. The van der Waals surface area contributed by atoms with Gasteiger partial charge in [0.05, 0.1) is 17.8 Å². The Morgan fingerprint density at radius 2 is 1.81 bits per heavy atom. The van der Waals surface area contributed by atoms with Gasteiger partial charge in [-0.05, 0) is 38.0 Å². The van der Waals surface area contributed by atoms with Gasteiger partial charge >= 0.3 is 0 Å². The van der Waals surface area contributed by atoms with Crippen LogP contribution in [0.15, 0.2) is 54.9 Å². The summed E-state index contributed by atoms with van der Waals surface area (Å²) in [7, 11) is 1.77. The van der Waals surface area contributed by atoms with Crippen molar-refractivity contribution >= 4 is 28.6 Å². The Morgan fingerprint density at radius 1 is 1.00 bits per heavy atom. The van der Waals surface area contributed by atoms with Crippen molar-refractivity contribution in [3.63, 3.8) is 0 Å². The predicted octanol–water partition coefficient (Wildman–Crippen LogP) is 3.88. The van der Waals surface area contributed by atoms with Gasteiger partial charge in [0.25, 0.3) is 0 Å². The van der Waals surface area contributed by atoms with Crippen LogP contribution in [0, 0.1) is 6.92 Å². The van der Waals surface area contributed by atoms with E-state index in [1.165, 1.54) is 0 Å². The number of anilines is 3. The minimum absolute atomic E-state index is 0.325. The molecule has 1 aromatic carbocycles. The summed E-state index contributed by atoms with van der Waals surface area (Å²) in [6.07, 6.45) is 5.87. The fourth-order valence-corrected chi connectivity index (χ4v) is 4.07. The summed E-state index contributed by atoms with van der Waals surface area (Å²) in [6.45, 7) is 3.78. The van der Waals surface area contributed by atoms with Crippen molar-refractivity contribution in [2.75, 3.05) is 30.4 Å². The maximum atomic E-state index is 5.46. The van der Waals surface area contributed by atoms with Crippen LogP contribution in [0.1, 0.15) is 18.7 Å². The van der Waals surface area contributed by atoms with Gasteiger partial charge in [0.15, 0.2) is 0 Å². The average molecular weight is 416 g/mol. The summed E-state index contributed by atoms with van der Waals surface area (Å²) in [5, 5.41) is 3.33. The van der Waals surface area contributed by atoms with Gasteiger partial charge in [-0.1, -0.05) is 18.2 Å². The fraction of sp³-hybridized carbons (Fsp3) is 0.304. The fourth-order valence-electron chi connectivity index (χ4n) is 4.07. The first-order chi connectivity index (χ1) is 15.2. The SMILES string of the molecule is COC1CCN(c2nccc(Nc3cc4c(cn3)nc(C)n4-c3ccccc3)n2)CC1. The highest BCUT2D eigenvalue weighted by Crippen LogP contribution is 2.25. The first-order valence-electron chi connectivity index (χ1n) is 10.5. The lowest BCUT2D eigenvalue weighted by Crippen LogP contribution is -2.37. The Hall–Kier alpha value is -3.52. The molecule has 3 aromatic heterocycles. The smallest absolute Gasteiger partial charge is 0.227 e. The normalized spacial score (nSPS) is 14.8.